The number of nitrogens with one attached hydrogen (secondary N) is 1. The first kappa shape index (κ1) is 20.0. The number of carbonyl (C=O) groups is 1. The average molecular weight is 354 g/mol. The molecule has 2 aromatic rings. The van der Waals surface area contributed by atoms with Gasteiger partial charge in [-0.25, -0.2) is 0 Å². The minimum atomic E-state index is -0.499. The van der Waals surface area contributed by atoms with E-state index in [0.717, 1.165) is 24.2 Å². The Kier molecular flexibility index (Phi) is 7.26. The van der Waals surface area contributed by atoms with Crippen molar-refractivity contribution in [3.8, 4) is 5.75 Å². The van der Waals surface area contributed by atoms with Crippen LogP contribution in [0.3, 0.4) is 0 Å². The lowest BCUT2D eigenvalue weighted by molar-refractivity contribution is -0.127. The van der Waals surface area contributed by atoms with Crippen LogP contribution < -0.4 is 10.1 Å². The van der Waals surface area contributed by atoms with Gasteiger partial charge in [0.05, 0.1) is 0 Å². The van der Waals surface area contributed by atoms with Gasteiger partial charge in [0, 0.05) is 6.54 Å². The molecule has 1 unspecified atom stereocenters. The van der Waals surface area contributed by atoms with Crippen LogP contribution in [-0.4, -0.2) is 18.6 Å². The number of carbonyl (C=O) groups excluding carboxylic acids is 1. The van der Waals surface area contributed by atoms with Gasteiger partial charge in [0.2, 0.25) is 0 Å². The van der Waals surface area contributed by atoms with E-state index in [1.807, 2.05) is 32.0 Å². The Labute approximate surface area is 157 Å². The minimum Gasteiger partial charge on any atom is -0.481 e. The molecule has 0 saturated heterocycles. The molecule has 0 radical (unpaired) electrons. The predicted molar refractivity (Wildman–Crippen MR) is 108 cm³/mol. The lowest BCUT2D eigenvalue weighted by Gasteiger charge is -2.17. The van der Waals surface area contributed by atoms with Gasteiger partial charge in [-0.2, -0.15) is 0 Å². The topological polar surface area (TPSA) is 38.3 Å². The standard InChI is InChI=1S/C23H31NO2/c1-16(2)21-13-11-20(12-14-21)9-7-15-24-23(25)19(5)26-22-10-6-8-17(3)18(22)4/h6,8,10-14,16,19H,7,9,15H2,1-5H3,(H,24,25). The van der Waals surface area contributed by atoms with Gasteiger partial charge >= 0.3 is 0 Å². The summed E-state index contributed by atoms with van der Waals surface area (Å²) < 4.78 is 5.83. The molecule has 26 heavy (non-hydrogen) atoms. The highest BCUT2D eigenvalue weighted by molar-refractivity contribution is 5.80. The van der Waals surface area contributed by atoms with E-state index in [9.17, 15) is 4.79 Å². The normalized spacial score (nSPS) is 12.1. The number of benzene rings is 2. The maximum Gasteiger partial charge on any atom is 0.260 e. The fourth-order valence-electron chi connectivity index (χ4n) is 2.81. The first-order valence-electron chi connectivity index (χ1n) is 9.48. The zero-order valence-electron chi connectivity index (χ0n) is 16.6. The smallest absolute Gasteiger partial charge is 0.260 e. The predicted octanol–water partition coefficient (Wildman–Crippen LogP) is 4.94. The van der Waals surface area contributed by atoms with Gasteiger partial charge in [0.25, 0.3) is 5.91 Å². The van der Waals surface area contributed by atoms with Crippen molar-refractivity contribution in [1.82, 2.24) is 5.32 Å². The Hall–Kier alpha value is -2.29. The van der Waals surface area contributed by atoms with Gasteiger partial charge in [-0.3, -0.25) is 4.79 Å². The molecule has 0 aliphatic rings. The summed E-state index contributed by atoms with van der Waals surface area (Å²) in [5.74, 6) is 1.26. The van der Waals surface area contributed by atoms with Crippen LogP contribution in [0.4, 0.5) is 0 Å². The molecule has 3 nitrogen and oxygen atoms in total. The van der Waals surface area contributed by atoms with Crippen LogP contribution in [0.2, 0.25) is 0 Å². The molecular weight excluding hydrogens is 322 g/mol. The molecule has 0 spiro atoms. The van der Waals surface area contributed by atoms with E-state index < -0.39 is 6.10 Å². The maximum absolute atomic E-state index is 12.2. The monoisotopic (exact) mass is 353 g/mol. The molecule has 140 valence electrons. The molecular formula is C23H31NO2. The van der Waals surface area contributed by atoms with Crippen LogP contribution in [0.1, 0.15) is 55.4 Å². The highest BCUT2D eigenvalue weighted by Gasteiger charge is 2.15. The maximum atomic E-state index is 12.2. The first-order valence-corrected chi connectivity index (χ1v) is 9.48. The van der Waals surface area contributed by atoms with Crippen molar-refractivity contribution in [1.29, 1.82) is 0 Å². The molecule has 0 bridgehead atoms. The van der Waals surface area contributed by atoms with Gasteiger partial charge in [-0.15, -0.1) is 0 Å². The number of rotatable bonds is 8. The van der Waals surface area contributed by atoms with Crippen molar-refractivity contribution in [2.24, 2.45) is 0 Å². The number of amides is 1. The van der Waals surface area contributed by atoms with E-state index >= 15 is 0 Å². The van der Waals surface area contributed by atoms with Crippen LogP contribution in [0.25, 0.3) is 0 Å². The van der Waals surface area contributed by atoms with Crippen LogP contribution in [-0.2, 0) is 11.2 Å². The third kappa shape index (κ3) is 5.62. The average Bonchev–Trinajstić information content (AvgIpc) is 2.62. The summed E-state index contributed by atoms with van der Waals surface area (Å²) in [6.07, 6.45) is 1.38. The molecule has 2 rings (SSSR count). The second-order valence-corrected chi connectivity index (χ2v) is 7.25. The zero-order chi connectivity index (χ0) is 19.1. The number of aryl methyl sites for hydroxylation is 2. The molecule has 0 aliphatic carbocycles. The van der Waals surface area contributed by atoms with Crippen molar-refractivity contribution >= 4 is 5.91 Å². The molecule has 0 aromatic heterocycles. The number of hydrogen-bond acceptors (Lipinski definition) is 2. The van der Waals surface area contributed by atoms with Crippen molar-refractivity contribution < 1.29 is 9.53 Å². The SMILES string of the molecule is Cc1cccc(OC(C)C(=O)NCCCc2ccc(C(C)C)cc2)c1C. The molecule has 2 aromatic carbocycles. The summed E-state index contributed by atoms with van der Waals surface area (Å²) in [6, 6.07) is 14.7. The summed E-state index contributed by atoms with van der Waals surface area (Å²) in [5, 5.41) is 2.97. The molecule has 0 aliphatic heterocycles. The van der Waals surface area contributed by atoms with Crippen LogP contribution in [0, 0.1) is 13.8 Å². The molecule has 3 heteroatoms. The van der Waals surface area contributed by atoms with Gasteiger partial charge in [-0.1, -0.05) is 50.2 Å². The van der Waals surface area contributed by atoms with Crippen molar-refractivity contribution in [3.63, 3.8) is 0 Å². The first-order chi connectivity index (χ1) is 12.4. The van der Waals surface area contributed by atoms with Gasteiger partial charge in [-0.05, 0) is 67.9 Å². The fourth-order valence-corrected chi connectivity index (χ4v) is 2.81. The second-order valence-electron chi connectivity index (χ2n) is 7.25. The number of ether oxygens (including phenoxy) is 1. The lowest BCUT2D eigenvalue weighted by atomic mass is 10.0. The van der Waals surface area contributed by atoms with E-state index in [0.29, 0.717) is 12.5 Å². The molecule has 1 atom stereocenters. The Balaban J connectivity index is 1.75. The van der Waals surface area contributed by atoms with Crippen molar-refractivity contribution in [2.45, 2.75) is 59.5 Å². The quantitative estimate of drug-likeness (QED) is 0.682. The third-order valence-electron chi connectivity index (χ3n) is 4.82. The van der Waals surface area contributed by atoms with Gasteiger partial charge in [0.15, 0.2) is 6.10 Å². The Bertz CT molecular complexity index is 719. The summed E-state index contributed by atoms with van der Waals surface area (Å²) >= 11 is 0. The van der Waals surface area contributed by atoms with E-state index in [1.165, 1.54) is 16.7 Å². The molecule has 0 fully saturated rings. The summed E-state index contributed by atoms with van der Waals surface area (Å²) in [5.41, 5.74) is 4.92. The summed E-state index contributed by atoms with van der Waals surface area (Å²) in [7, 11) is 0. The van der Waals surface area contributed by atoms with Crippen molar-refractivity contribution in [2.75, 3.05) is 6.54 Å². The molecule has 1 amide bonds. The van der Waals surface area contributed by atoms with Crippen molar-refractivity contribution in [3.05, 3.63) is 64.7 Å². The largest absolute Gasteiger partial charge is 0.481 e. The van der Waals surface area contributed by atoms with E-state index in [1.54, 1.807) is 6.92 Å². The lowest BCUT2D eigenvalue weighted by Crippen LogP contribution is -2.37. The highest BCUT2D eigenvalue weighted by Crippen LogP contribution is 2.21. The minimum absolute atomic E-state index is 0.0685. The second kappa shape index (κ2) is 9.42. The fraction of sp³-hybridized carbons (Fsp3) is 0.435. The Morgan fingerprint density at radius 2 is 1.73 bits per heavy atom. The molecule has 1 N–H and O–H groups in total. The van der Waals surface area contributed by atoms with E-state index in [-0.39, 0.29) is 5.91 Å². The molecule has 0 heterocycles. The van der Waals surface area contributed by atoms with Crippen LogP contribution in [0.15, 0.2) is 42.5 Å². The highest BCUT2D eigenvalue weighted by atomic mass is 16.5. The van der Waals surface area contributed by atoms with Crippen LogP contribution >= 0.6 is 0 Å². The summed E-state index contributed by atoms with van der Waals surface area (Å²) in [6.45, 7) is 10.9. The third-order valence-corrected chi connectivity index (χ3v) is 4.82. The Morgan fingerprint density at radius 3 is 2.38 bits per heavy atom. The summed E-state index contributed by atoms with van der Waals surface area (Å²) in [4.78, 5) is 12.2. The van der Waals surface area contributed by atoms with Gasteiger partial charge in [0.1, 0.15) is 5.75 Å². The zero-order valence-corrected chi connectivity index (χ0v) is 16.6. The van der Waals surface area contributed by atoms with E-state index in [4.69, 9.17) is 4.74 Å². The number of hydrogen-bond donors (Lipinski definition) is 1. The van der Waals surface area contributed by atoms with E-state index in [2.05, 4.69) is 43.4 Å². The van der Waals surface area contributed by atoms with Crippen LogP contribution in [0.5, 0.6) is 5.75 Å². The molecule has 0 saturated carbocycles. The van der Waals surface area contributed by atoms with Gasteiger partial charge < -0.3 is 10.1 Å². The Morgan fingerprint density at radius 1 is 1.04 bits per heavy atom.